The van der Waals surface area contributed by atoms with E-state index in [9.17, 15) is 8.42 Å². The van der Waals surface area contributed by atoms with Gasteiger partial charge in [-0.3, -0.25) is 4.98 Å². The molecule has 28 heavy (non-hydrogen) atoms. The van der Waals surface area contributed by atoms with E-state index in [1.54, 1.807) is 19.5 Å². The van der Waals surface area contributed by atoms with Gasteiger partial charge in [-0.15, -0.1) is 0 Å². The maximum Gasteiger partial charge on any atom is 0.282 e. The van der Waals surface area contributed by atoms with Crippen LogP contribution in [0.1, 0.15) is 25.6 Å². The van der Waals surface area contributed by atoms with Gasteiger partial charge in [-0.1, -0.05) is 26.0 Å². The molecule has 9 heteroatoms. The predicted molar refractivity (Wildman–Crippen MR) is 106 cm³/mol. The van der Waals surface area contributed by atoms with Crippen molar-refractivity contribution in [2.45, 2.75) is 20.0 Å². The van der Waals surface area contributed by atoms with E-state index in [-0.39, 0.29) is 6.54 Å². The molecule has 0 unspecified atom stereocenters. The molecule has 1 aliphatic heterocycles. The lowest BCUT2D eigenvalue weighted by Gasteiger charge is -2.34. The largest absolute Gasteiger partial charge is 0.497 e. The van der Waals surface area contributed by atoms with Crippen LogP contribution in [0.25, 0.3) is 11.3 Å². The highest BCUT2D eigenvalue weighted by Crippen LogP contribution is 2.26. The summed E-state index contributed by atoms with van der Waals surface area (Å²) < 4.78 is 39.7. The van der Waals surface area contributed by atoms with Crippen molar-refractivity contribution < 1.29 is 17.9 Å². The number of hydrogen-bond acceptors (Lipinski definition) is 6. The van der Waals surface area contributed by atoms with Crippen molar-refractivity contribution in [3.63, 3.8) is 0 Å². The number of rotatable bonds is 7. The summed E-state index contributed by atoms with van der Waals surface area (Å²) in [6.45, 7) is 5.41. The number of ether oxygens (including phenoxy) is 2. The average molecular weight is 407 g/mol. The lowest BCUT2D eigenvalue weighted by atomic mass is 10.1. The number of morpholine rings is 1. The first-order valence-corrected chi connectivity index (χ1v) is 10.7. The third-order valence-electron chi connectivity index (χ3n) is 4.74. The zero-order valence-corrected chi connectivity index (χ0v) is 17.2. The van der Waals surface area contributed by atoms with E-state index >= 15 is 0 Å². The van der Waals surface area contributed by atoms with Gasteiger partial charge in [-0.05, 0) is 12.1 Å². The monoisotopic (exact) mass is 406 g/mol. The third-order valence-corrected chi connectivity index (χ3v) is 6.89. The molecule has 1 aromatic heterocycles. The van der Waals surface area contributed by atoms with Crippen LogP contribution in [0.3, 0.4) is 0 Å². The SMILES string of the molecule is CCN(CC)S(=O)(=O)N1CCO[C@H](c2cncc(-c3cccc(OC)c3)n2)C1. The van der Waals surface area contributed by atoms with Crippen LogP contribution in [-0.4, -0.2) is 66.9 Å². The molecule has 2 heterocycles. The van der Waals surface area contributed by atoms with Crippen LogP contribution in [0.15, 0.2) is 36.7 Å². The maximum atomic E-state index is 12.8. The molecule has 0 spiro atoms. The Labute approximate surface area is 166 Å². The van der Waals surface area contributed by atoms with E-state index in [4.69, 9.17) is 9.47 Å². The maximum absolute atomic E-state index is 12.8. The van der Waals surface area contributed by atoms with Crippen LogP contribution in [0.4, 0.5) is 0 Å². The molecule has 1 saturated heterocycles. The molecular weight excluding hydrogens is 380 g/mol. The number of benzene rings is 1. The molecule has 0 saturated carbocycles. The molecule has 0 amide bonds. The van der Waals surface area contributed by atoms with Crippen molar-refractivity contribution in [3.05, 3.63) is 42.4 Å². The first kappa shape index (κ1) is 20.7. The molecule has 0 aliphatic carbocycles. The summed E-state index contributed by atoms with van der Waals surface area (Å²) in [5.41, 5.74) is 2.17. The summed E-state index contributed by atoms with van der Waals surface area (Å²) >= 11 is 0. The molecule has 152 valence electrons. The molecule has 0 radical (unpaired) electrons. The van der Waals surface area contributed by atoms with Gasteiger partial charge >= 0.3 is 0 Å². The molecule has 8 nitrogen and oxygen atoms in total. The van der Waals surface area contributed by atoms with E-state index in [0.717, 1.165) is 11.3 Å². The van der Waals surface area contributed by atoms with Gasteiger partial charge in [0.25, 0.3) is 10.2 Å². The van der Waals surface area contributed by atoms with Crippen LogP contribution in [0.2, 0.25) is 0 Å². The van der Waals surface area contributed by atoms with Gasteiger partial charge in [-0.25, -0.2) is 4.98 Å². The number of hydrogen-bond donors (Lipinski definition) is 0. The van der Waals surface area contributed by atoms with Crippen LogP contribution < -0.4 is 4.74 Å². The molecule has 1 atom stereocenters. The summed E-state index contributed by atoms with van der Waals surface area (Å²) in [5.74, 6) is 0.732. The Hall–Kier alpha value is -2.07. The van der Waals surface area contributed by atoms with E-state index in [2.05, 4.69) is 9.97 Å². The van der Waals surface area contributed by atoms with Crippen molar-refractivity contribution in [1.82, 2.24) is 18.6 Å². The minimum atomic E-state index is -3.51. The second-order valence-electron chi connectivity index (χ2n) is 6.37. The van der Waals surface area contributed by atoms with Crippen LogP contribution in [0.5, 0.6) is 5.75 Å². The van der Waals surface area contributed by atoms with Crippen LogP contribution in [-0.2, 0) is 14.9 Å². The summed E-state index contributed by atoms with van der Waals surface area (Å²) in [4.78, 5) is 8.95. The summed E-state index contributed by atoms with van der Waals surface area (Å²) in [7, 11) is -1.90. The first-order chi connectivity index (χ1) is 13.5. The highest BCUT2D eigenvalue weighted by molar-refractivity contribution is 7.86. The van der Waals surface area contributed by atoms with E-state index in [0.29, 0.717) is 37.6 Å². The second-order valence-corrected chi connectivity index (χ2v) is 8.30. The molecule has 0 bridgehead atoms. The lowest BCUT2D eigenvalue weighted by Crippen LogP contribution is -2.49. The average Bonchev–Trinajstić information content (AvgIpc) is 2.74. The van der Waals surface area contributed by atoms with E-state index < -0.39 is 16.3 Å². The zero-order valence-electron chi connectivity index (χ0n) is 16.4. The molecule has 1 fully saturated rings. The fourth-order valence-electron chi connectivity index (χ4n) is 3.19. The Balaban J connectivity index is 1.84. The Morgan fingerprint density at radius 3 is 2.79 bits per heavy atom. The Bertz CT molecular complexity index is 902. The molecular formula is C19H26N4O4S. The summed E-state index contributed by atoms with van der Waals surface area (Å²) in [5, 5.41) is 0. The lowest BCUT2D eigenvalue weighted by molar-refractivity contribution is -0.00672. The van der Waals surface area contributed by atoms with Gasteiger partial charge < -0.3 is 9.47 Å². The smallest absolute Gasteiger partial charge is 0.282 e. The minimum Gasteiger partial charge on any atom is -0.497 e. The van der Waals surface area contributed by atoms with Crippen molar-refractivity contribution in [3.8, 4) is 17.0 Å². The second kappa shape index (κ2) is 8.95. The van der Waals surface area contributed by atoms with Crippen molar-refractivity contribution in [2.75, 3.05) is 39.9 Å². The van der Waals surface area contributed by atoms with Gasteiger partial charge in [0.2, 0.25) is 0 Å². The first-order valence-electron chi connectivity index (χ1n) is 9.32. The fourth-order valence-corrected chi connectivity index (χ4v) is 4.79. The fraction of sp³-hybridized carbons (Fsp3) is 0.474. The number of methoxy groups -OCH3 is 1. The standard InChI is InChI=1S/C19H26N4O4S/c1-4-22(5-2)28(24,25)23-9-10-27-19(14-23)18-13-20-12-17(21-18)15-7-6-8-16(11-15)26-3/h6-8,11-13,19H,4-5,9-10,14H2,1-3H3/t19-/m0/s1. The van der Waals surface area contributed by atoms with Gasteiger partial charge in [0, 0.05) is 31.7 Å². The molecule has 0 N–H and O–H groups in total. The highest BCUT2D eigenvalue weighted by Gasteiger charge is 2.34. The topological polar surface area (TPSA) is 84.9 Å². The quantitative estimate of drug-likeness (QED) is 0.700. The molecule has 3 rings (SSSR count). The van der Waals surface area contributed by atoms with Crippen LogP contribution in [0, 0.1) is 0 Å². The van der Waals surface area contributed by atoms with Gasteiger partial charge in [-0.2, -0.15) is 17.0 Å². The molecule has 1 aliphatic rings. The predicted octanol–water partition coefficient (Wildman–Crippen LogP) is 2.11. The van der Waals surface area contributed by atoms with Gasteiger partial charge in [0.15, 0.2) is 0 Å². The normalized spacial score (nSPS) is 18.4. The molecule has 1 aromatic carbocycles. The zero-order chi connectivity index (χ0) is 20.1. The van der Waals surface area contributed by atoms with Gasteiger partial charge in [0.05, 0.1) is 37.5 Å². The molecule has 2 aromatic rings. The van der Waals surface area contributed by atoms with Crippen molar-refractivity contribution in [2.24, 2.45) is 0 Å². The number of aromatic nitrogens is 2. The Morgan fingerprint density at radius 1 is 1.29 bits per heavy atom. The van der Waals surface area contributed by atoms with Crippen molar-refractivity contribution >= 4 is 10.2 Å². The van der Waals surface area contributed by atoms with E-state index in [1.807, 2.05) is 38.1 Å². The minimum absolute atomic E-state index is 0.217. The Kier molecular flexibility index (Phi) is 6.61. The van der Waals surface area contributed by atoms with E-state index in [1.165, 1.54) is 8.61 Å². The third kappa shape index (κ3) is 4.33. The van der Waals surface area contributed by atoms with Gasteiger partial charge in [0.1, 0.15) is 11.9 Å². The summed E-state index contributed by atoms with van der Waals surface area (Å²) in [6, 6.07) is 7.56. The number of nitrogens with zero attached hydrogens (tertiary/aromatic N) is 4. The highest BCUT2D eigenvalue weighted by atomic mass is 32.2. The summed E-state index contributed by atoms with van der Waals surface area (Å²) in [6.07, 6.45) is 2.84. The van der Waals surface area contributed by atoms with Crippen LogP contribution >= 0.6 is 0 Å². The Morgan fingerprint density at radius 2 is 2.07 bits per heavy atom. The van der Waals surface area contributed by atoms with Crippen molar-refractivity contribution in [1.29, 1.82) is 0 Å².